The summed E-state index contributed by atoms with van der Waals surface area (Å²) in [5, 5.41) is 5.32. The molecule has 0 bridgehead atoms. The molecule has 0 saturated carbocycles. The van der Waals surface area contributed by atoms with Gasteiger partial charge in [0.1, 0.15) is 0 Å². The van der Waals surface area contributed by atoms with Gasteiger partial charge in [-0.3, -0.25) is 4.68 Å². The van der Waals surface area contributed by atoms with E-state index in [0.29, 0.717) is 17.6 Å². The molecule has 7 heteroatoms. The van der Waals surface area contributed by atoms with Crippen molar-refractivity contribution in [1.82, 2.24) is 9.78 Å². The van der Waals surface area contributed by atoms with E-state index in [9.17, 15) is 13.6 Å². The molecule has 1 aliphatic rings. The number of nitrogens with zero attached hydrogens (tertiary/aromatic N) is 3. The molecule has 160 valence electrons. The van der Waals surface area contributed by atoms with Crippen LogP contribution in [-0.4, -0.2) is 41.9 Å². The monoisotopic (exact) mass is 423 g/mol. The molecule has 0 spiro atoms. The number of fused-ring (bicyclic) bond motifs is 1. The van der Waals surface area contributed by atoms with E-state index in [1.807, 2.05) is 31.2 Å². The Hall–Kier alpha value is -3.40. The minimum Gasteiger partial charge on any atom is -0.465 e. The van der Waals surface area contributed by atoms with Crippen LogP contribution in [0.25, 0.3) is 10.9 Å². The number of anilines is 1. The fraction of sp³-hybridized carbons (Fsp3) is 0.333. The third-order valence-corrected chi connectivity index (χ3v) is 5.70. The lowest BCUT2D eigenvalue weighted by molar-refractivity contribution is 0.0257. The second-order valence-corrected chi connectivity index (χ2v) is 7.67. The Bertz CT molecular complexity index is 1190. The zero-order valence-corrected chi connectivity index (χ0v) is 17.7. The fourth-order valence-electron chi connectivity index (χ4n) is 4.04. The van der Waals surface area contributed by atoms with Crippen molar-refractivity contribution >= 4 is 22.6 Å². The summed E-state index contributed by atoms with van der Waals surface area (Å²) in [6.45, 7) is 3.82. The number of carbonyl (C=O) groups is 1. The van der Waals surface area contributed by atoms with Crippen LogP contribution in [0.4, 0.5) is 14.5 Å². The lowest BCUT2D eigenvalue weighted by Crippen LogP contribution is -2.24. The molecule has 0 amide bonds. The van der Waals surface area contributed by atoms with Crippen molar-refractivity contribution in [3.63, 3.8) is 0 Å². The van der Waals surface area contributed by atoms with Crippen LogP contribution in [0.3, 0.4) is 0 Å². The fourth-order valence-corrected chi connectivity index (χ4v) is 4.04. The number of halogens is 2. The maximum Gasteiger partial charge on any atom is 0.340 e. The lowest BCUT2D eigenvalue weighted by Gasteiger charge is -2.20. The Balaban J connectivity index is 1.72. The van der Waals surface area contributed by atoms with Crippen molar-refractivity contribution < 1.29 is 18.3 Å². The van der Waals surface area contributed by atoms with Crippen molar-refractivity contribution in [3.05, 3.63) is 59.3 Å². The first kappa shape index (κ1) is 20.9. The van der Waals surface area contributed by atoms with Crippen LogP contribution < -0.4 is 4.90 Å². The third kappa shape index (κ3) is 3.86. The van der Waals surface area contributed by atoms with Crippen LogP contribution in [0.1, 0.15) is 47.8 Å². The second-order valence-electron chi connectivity index (χ2n) is 7.67. The Morgan fingerprint density at radius 3 is 2.58 bits per heavy atom. The van der Waals surface area contributed by atoms with Gasteiger partial charge in [-0.15, -0.1) is 5.92 Å². The molecule has 1 fully saturated rings. The van der Waals surface area contributed by atoms with Gasteiger partial charge in [-0.2, -0.15) is 5.10 Å². The summed E-state index contributed by atoms with van der Waals surface area (Å²) in [5.41, 5.74) is 3.58. The lowest BCUT2D eigenvalue weighted by atomic mass is 10.0. The maximum absolute atomic E-state index is 13.5. The summed E-state index contributed by atoms with van der Waals surface area (Å²) < 4.78 is 33.8. The van der Waals surface area contributed by atoms with Crippen molar-refractivity contribution in [3.8, 4) is 11.8 Å². The smallest absolute Gasteiger partial charge is 0.340 e. The topological polar surface area (TPSA) is 47.4 Å². The maximum atomic E-state index is 13.5. The molecule has 31 heavy (non-hydrogen) atoms. The van der Waals surface area contributed by atoms with Crippen LogP contribution in [-0.2, 0) is 4.74 Å². The van der Waals surface area contributed by atoms with Crippen molar-refractivity contribution in [2.45, 2.75) is 32.2 Å². The molecule has 0 aliphatic carbocycles. The molecule has 2 heterocycles. The minimum atomic E-state index is -2.64. The van der Waals surface area contributed by atoms with E-state index in [2.05, 4.69) is 16.9 Å². The molecule has 1 atom stereocenters. The third-order valence-electron chi connectivity index (χ3n) is 5.70. The van der Waals surface area contributed by atoms with E-state index >= 15 is 0 Å². The first-order valence-electron chi connectivity index (χ1n) is 10.1. The Labute approximate surface area is 179 Å². The zero-order chi connectivity index (χ0) is 22.2. The molecular formula is C24H23F2N3O2. The van der Waals surface area contributed by atoms with Gasteiger partial charge in [0.15, 0.2) is 0 Å². The number of hydrogen-bond donors (Lipinski definition) is 0. The highest BCUT2D eigenvalue weighted by atomic mass is 19.3. The standard InChI is InChI=1S/C24H23F2N3O2/c1-4-5-18-8-11-20(23(30)31-3)22-21(18)14-27-29(22)16(2)17-6-9-19(10-7-17)28-13-12-24(25,26)15-28/h6-11,14,16H,12-13,15H2,1-3H3. The van der Waals surface area contributed by atoms with Crippen LogP contribution in [0.15, 0.2) is 42.6 Å². The molecule has 2 aromatic carbocycles. The van der Waals surface area contributed by atoms with E-state index in [0.717, 1.165) is 22.2 Å². The SMILES string of the molecule is CC#Cc1ccc(C(=O)OC)c2c1cnn2C(C)c1ccc(N2CCC(F)(F)C2)cc1. The highest BCUT2D eigenvalue weighted by Gasteiger charge is 2.38. The molecule has 1 saturated heterocycles. The molecule has 0 N–H and O–H groups in total. The number of rotatable bonds is 4. The van der Waals surface area contributed by atoms with Gasteiger partial charge < -0.3 is 9.64 Å². The Morgan fingerprint density at radius 1 is 1.23 bits per heavy atom. The van der Waals surface area contributed by atoms with E-state index < -0.39 is 11.9 Å². The van der Waals surface area contributed by atoms with E-state index in [-0.39, 0.29) is 19.0 Å². The Kier molecular flexibility index (Phi) is 5.40. The second kappa shape index (κ2) is 8.03. The van der Waals surface area contributed by atoms with Crippen molar-refractivity contribution in [1.29, 1.82) is 0 Å². The van der Waals surface area contributed by atoms with Gasteiger partial charge in [0.25, 0.3) is 5.92 Å². The summed E-state index contributed by atoms with van der Waals surface area (Å²) in [6.07, 6.45) is 1.59. The predicted octanol–water partition coefficient (Wildman–Crippen LogP) is 4.65. The molecular weight excluding hydrogens is 400 g/mol. The number of alkyl halides is 2. The molecule has 3 aromatic rings. The van der Waals surface area contributed by atoms with E-state index in [1.165, 1.54) is 7.11 Å². The van der Waals surface area contributed by atoms with Gasteiger partial charge in [0.05, 0.1) is 37.0 Å². The van der Waals surface area contributed by atoms with E-state index in [1.54, 1.807) is 34.8 Å². The van der Waals surface area contributed by atoms with Gasteiger partial charge in [0, 0.05) is 29.6 Å². The molecule has 0 radical (unpaired) electrons. The molecule has 1 unspecified atom stereocenters. The normalized spacial score (nSPS) is 16.1. The zero-order valence-electron chi connectivity index (χ0n) is 17.7. The largest absolute Gasteiger partial charge is 0.465 e. The van der Waals surface area contributed by atoms with Crippen molar-refractivity contribution in [2.24, 2.45) is 0 Å². The van der Waals surface area contributed by atoms with Crippen LogP contribution in [0.2, 0.25) is 0 Å². The number of ether oxygens (including phenoxy) is 1. The summed E-state index contributed by atoms with van der Waals surface area (Å²) >= 11 is 0. The van der Waals surface area contributed by atoms with Crippen LogP contribution in [0.5, 0.6) is 0 Å². The number of carbonyl (C=O) groups excluding carboxylic acids is 1. The number of esters is 1. The summed E-state index contributed by atoms with van der Waals surface area (Å²) in [4.78, 5) is 14.1. The van der Waals surface area contributed by atoms with Gasteiger partial charge in [-0.1, -0.05) is 18.1 Å². The highest BCUT2D eigenvalue weighted by Crippen LogP contribution is 2.33. The molecule has 1 aliphatic heterocycles. The average Bonchev–Trinajstić information content (AvgIpc) is 3.37. The number of hydrogen-bond acceptors (Lipinski definition) is 4. The number of benzene rings is 2. The van der Waals surface area contributed by atoms with Crippen LogP contribution in [0, 0.1) is 11.8 Å². The number of methoxy groups -OCH3 is 1. The number of aromatic nitrogens is 2. The van der Waals surface area contributed by atoms with Crippen LogP contribution >= 0.6 is 0 Å². The van der Waals surface area contributed by atoms with Gasteiger partial charge >= 0.3 is 5.97 Å². The van der Waals surface area contributed by atoms with Gasteiger partial charge in [-0.05, 0) is 43.7 Å². The summed E-state index contributed by atoms with van der Waals surface area (Å²) in [6, 6.07) is 10.8. The van der Waals surface area contributed by atoms with E-state index in [4.69, 9.17) is 4.74 Å². The average molecular weight is 423 g/mol. The first-order chi connectivity index (χ1) is 14.8. The first-order valence-corrected chi connectivity index (χ1v) is 10.1. The van der Waals surface area contributed by atoms with Gasteiger partial charge in [-0.25, -0.2) is 13.6 Å². The quantitative estimate of drug-likeness (QED) is 0.453. The summed E-state index contributed by atoms with van der Waals surface area (Å²) in [5.74, 6) is 2.86. The Morgan fingerprint density at radius 2 is 1.97 bits per heavy atom. The predicted molar refractivity (Wildman–Crippen MR) is 116 cm³/mol. The molecule has 5 nitrogen and oxygen atoms in total. The molecule has 1 aromatic heterocycles. The minimum absolute atomic E-state index is 0.121. The highest BCUT2D eigenvalue weighted by molar-refractivity contribution is 6.04. The summed E-state index contributed by atoms with van der Waals surface area (Å²) in [7, 11) is 1.35. The van der Waals surface area contributed by atoms with Gasteiger partial charge in [0.2, 0.25) is 0 Å². The molecule has 4 rings (SSSR count). The van der Waals surface area contributed by atoms with Crippen molar-refractivity contribution in [2.75, 3.05) is 25.1 Å².